The quantitative estimate of drug-likeness (QED) is 0.877. The number of amides is 1. The van der Waals surface area contributed by atoms with Gasteiger partial charge in [-0.15, -0.1) is 11.3 Å². The summed E-state index contributed by atoms with van der Waals surface area (Å²) >= 11 is 1.46. The normalized spacial score (nSPS) is 11.7. The first-order valence-electron chi connectivity index (χ1n) is 5.45. The van der Waals surface area contributed by atoms with Gasteiger partial charge >= 0.3 is 0 Å². The Kier molecular flexibility index (Phi) is 3.17. The smallest absolute Gasteiger partial charge is 0.261 e. The minimum Gasteiger partial charge on any atom is -0.389 e. The molecule has 0 radical (unpaired) electrons. The summed E-state index contributed by atoms with van der Waals surface area (Å²) in [6.07, 6.45) is 0. The topological polar surface area (TPSA) is 49.3 Å². The fourth-order valence-electron chi connectivity index (χ4n) is 1.48. The highest BCUT2D eigenvalue weighted by Gasteiger charge is 2.16. The van der Waals surface area contributed by atoms with Gasteiger partial charge in [0.05, 0.1) is 10.5 Å². The molecule has 1 aromatic carbocycles. The molecule has 1 aromatic heterocycles. The predicted octanol–water partition coefficient (Wildman–Crippen LogP) is 2.40. The molecule has 0 aliphatic carbocycles. The number of hydrogen-bond donors (Lipinski definition) is 2. The summed E-state index contributed by atoms with van der Waals surface area (Å²) in [5, 5.41) is 13.3. The van der Waals surface area contributed by atoms with Crippen molar-refractivity contribution in [2.75, 3.05) is 6.54 Å². The Bertz CT molecular complexity index is 507. The van der Waals surface area contributed by atoms with Crippen molar-refractivity contribution in [1.82, 2.24) is 5.32 Å². The van der Waals surface area contributed by atoms with E-state index in [9.17, 15) is 9.90 Å². The van der Waals surface area contributed by atoms with E-state index >= 15 is 0 Å². The van der Waals surface area contributed by atoms with Gasteiger partial charge in [-0.3, -0.25) is 4.79 Å². The predicted molar refractivity (Wildman–Crippen MR) is 70.5 cm³/mol. The molecular weight excluding hydrogens is 234 g/mol. The van der Waals surface area contributed by atoms with Crippen LogP contribution in [0.25, 0.3) is 10.1 Å². The van der Waals surface area contributed by atoms with Crippen LogP contribution in [0.2, 0.25) is 0 Å². The van der Waals surface area contributed by atoms with Crippen LogP contribution in [0.3, 0.4) is 0 Å². The number of carbonyl (C=O) groups is 1. The lowest BCUT2D eigenvalue weighted by Crippen LogP contribution is -2.37. The Morgan fingerprint density at radius 3 is 2.76 bits per heavy atom. The standard InChI is InChI=1S/C13H15NO2S/c1-13(2,16)8-14-12(15)11-7-9-5-3-4-6-10(9)17-11/h3-7,16H,8H2,1-2H3,(H,14,15). The van der Waals surface area contributed by atoms with Crippen molar-refractivity contribution in [2.45, 2.75) is 19.4 Å². The maximum absolute atomic E-state index is 11.8. The van der Waals surface area contributed by atoms with Crippen LogP contribution in [0.4, 0.5) is 0 Å². The average molecular weight is 249 g/mol. The first kappa shape index (κ1) is 12.1. The van der Waals surface area contributed by atoms with Crippen LogP contribution in [0.5, 0.6) is 0 Å². The second kappa shape index (κ2) is 4.47. The van der Waals surface area contributed by atoms with Gasteiger partial charge in [0.15, 0.2) is 0 Å². The second-order valence-corrected chi connectivity index (χ2v) is 5.73. The molecule has 2 N–H and O–H groups in total. The van der Waals surface area contributed by atoms with E-state index < -0.39 is 5.60 Å². The van der Waals surface area contributed by atoms with E-state index in [2.05, 4.69) is 5.32 Å². The Hall–Kier alpha value is -1.39. The molecule has 0 saturated carbocycles. The van der Waals surface area contributed by atoms with Gasteiger partial charge in [-0.1, -0.05) is 18.2 Å². The first-order chi connectivity index (χ1) is 7.96. The van der Waals surface area contributed by atoms with Gasteiger partial charge in [0, 0.05) is 11.2 Å². The fraction of sp³-hybridized carbons (Fsp3) is 0.308. The van der Waals surface area contributed by atoms with E-state index in [0.717, 1.165) is 10.1 Å². The summed E-state index contributed by atoms with van der Waals surface area (Å²) < 4.78 is 1.10. The molecule has 4 heteroatoms. The van der Waals surface area contributed by atoms with Crippen molar-refractivity contribution < 1.29 is 9.90 Å². The maximum Gasteiger partial charge on any atom is 0.261 e. The molecule has 90 valence electrons. The number of hydrogen-bond acceptors (Lipinski definition) is 3. The van der Waals surface area contributed by atoms with E-state index in [-0.39, 0.29) is 12.5 Å². The third-order valence-electron chi connectivity index (χ3n) is 2.33. The largest absolute Gasteiger partial charge is 0.389 e. The summed E-state index contributed by atoms with van der Waals surface area (Å²) in [5.41, 5.74) is -0.883. The van der Waals surface area contributed by atoms with Crippen LogP contribution in [-0.4, -0.2) is 23.2 Å². The first-order valence-corrected chi connectivity index (χ1v) is 6.26. The molecule has 1 amide bonds. The molecule has 0 spiro atoms. The zero-order chi connectivity index (χ0) is 12.5. The molecule has 0 bridgehead atoms. The van der Waals surface area contributed by atoms with Crippen LogP contribution >= 0.6 is 11.3 Å². The van der Waals surface area contributed by atoms with E-state index in [1.54, 1.807) is 13.8 Å². The monoisotopic (exact) mass is 249 g/mol. The Balaban J connectivity index is 2.14. The van der Waals surface area contributed by atoms with Crippen LogP contribution in [0.15, 0.2) is 30.3 Å². The van der Waals surface area contributed by atoms with Gasteiger partial charge in [0.25, 0.3) is 5.91 Å². The number of rotatable bonds is 3. The van der Waals surface area contributed by atoms with Crippen molar-refractivity contribution in [1.29, 1.82) is 0 Å². The molecule has 0 atom stereocenters. The number of thiophene rings is 1. The molecule has 2 rings (SSSR count). The Labute approximate surface area is 104 Å². The number of benzene rings is 1. The Morgan fingerprint density at radius 1 is 1.41 bits per heavy atom. The van der Waals surface area contributed by atoms with Crippen molar-refractivity contribution in [3.63, 3.8) is 0 Å². The average Bonchev–Trinajstić information content (AvgIpc) is 2.68. The molecule has 0 aliphatic rings. The van der Waals surface area contributed by atoms with Crippen molar-refractivity contribution in [2.24, 2.45) is 0 Å². The number of fused-ring (bicyclic) bond motifs is 1. The fourth-order valence-corrected chi connectivity index (χ4v) is 2.46. The highest BCUT2D eigenvalue weighted by atomic mass is 32.1. The maximum atomic E-state index is 11.8. The van der Waals surface area contributed by atoms with Crippen molar-refractivity contribution >= 4 is 27.3 Å². The van der Waals surface area contributed by atoms with E-state index in [4.69, 9.17) is 0 Å². The number of nitrogens with one attached hydrogen (secondary N) is 1. The molecular formula is C13H15NO2S. The van der Waals surface area contributed by atoms with Crippen LogP contribution in [0.1, 0.15) is 23.5 Å². The zero-order valence-corrected chi connectivity index (χ0v) is 10.7. The minimum atomic E-state index is -0.883. The van der Waals surface area contributed by atoms with E-state index in [1.165, 1.54) is 11.3 Å². The van der Waals surface area contributed by atoms with Gasteiger partial charge in [-0.2, -0.15) is 0 Å². The number of carbonyl (C=O) groups excluding carboxylic acids is 1. The van der Waals surface area contributed by atoms with Crippen LogP contribution < -0.4 is 5.32 Å². The van der Waals surface area contributed by atoms with Gasteiger partial charge < -0.3 is 10.4 Å². The SMILES string of the molecule is CC(C)(O)CNC(=O)c1cc2ccccc2s1. The summed E-state index contributed by atoms with van der Waals surface area (Å²) in [4.78, 5) is 12.5. The molecule has 17 heavy (non-hydrogen) atoms. The van der Waals surface area contributed by atoms with Crippen LogP contribution in [0, 0.1) is 0 Å². The third-order valence-corrected chi connectivity index (χ3v) is 3.45. The second-order valence-electron chi connectivity index (χ2n) is 4.64. The molecule has 0 fully saturated rings. The van der Waals surface area contributed by atoms with Gasteiger partial charge in [-0.05, 0) is 31.4 Å². The molecule has 0 saturated heterocycles. The molecule has 3 nitrogen and oxygen atoms in total. The molecule has 2 aromatic rings. The molecule has 1 heterocycles. The highest BCUT2D eigenvalue weighted by molar-refractivity contribution is 7.20. The van der Waals surface area contributed by atoms with Crippen molar-refractivity contribution in [3.05, 3.63) is 35.2 Å². The Morgan fingerprint density at radius 2 is 2.12 bits per heavy atom. The number of aliphatic hydroxyl groups is 1. The lowest BCUT2D eigenvalue weighted by Gasteiger charge is -2.17. The van der Waals surface area contributed by atoms with Crippen LogP contribution in [-0.2, 0) is 0 Å². The van der Waals surface area contributed by atoms with Gasteiger partial charge in [-0.25, -0.2) is 0 Å². The third kappa shape index (κ3) is 3.05. The van der Waals surface area contributed by atoms with Gasteiger partial charge in [0.2, 0.25) is 0 Å². The summed E-state index contributed by atoms with van der Waals surface area (Å²) in [6.45, 7) is 3.58. The van der Waals surface area contributed by atoms with Gasteiger partial charge in [0.1, 0.15) is 0 Å². The highest BCUT2D eigenvalue weighted by Crippen LogP contribution is 2.25. The minimum absolute atomic E-state index is 0.131. The zero-order valence-electron chi connectivity index (χ0n) is 9.86. The summed E-state index contributed by atoms with van der Waals surface area (Å²) in [6, 6.07) is 9.76. The van der Waals surface area contributed by atoms with Crippen molar-refractivity contribution in [3.8, 4) is 0 Å². The summed E-state index contributed by atoms with van der Waals surface area (Å²) in [7, 11) is 0. The van der Waals surface area contributed by atoms with E-state index in [0.29, 0.717) is 4.88 Å². The van der Waals surface area contributed by atoms with E-state index in [1.807, 2.05) is 30.3 Å². The molecule has 0 unspecified atom stereocenters. The summed E-state index contributed by atoms with van der Waals surface area (Å²) in [5.74, 6) is -0.131. The molecule has 0 aliphatic heterocycles. The lowest BCUT2D eigenvalue weighted by molar-refractivity contribution is 0.0696. The lowest BCUT2D eigenvalue weighted by atomic mass is 10.1.